The molecule has 1 aromatic rings. The van der Waals surface area contributed by atoms with E-state index in [0.29, 0.717) is 17.9 Å². The molecule has 0 amide bonds. The van der Waals surface area contributed by atoms with Crippen molar-refractivity contribution in [1.29, 1.82) is 5.26 Å². The molecule has 108 valence electrons. The minimum atomic E-state index is -0.275. The molecule has 5 heteroatoms. The van der Waals surface area contributed by atoms with Gasteiger partial charge >= 0.3 is 0 Å². The third kappa shape index (κ3) is 3.27. The zero-order valence-corrected chi connectivity index (χ0v) is 12.0. The predicted molar refractivity (Wildman–Crippen MR) is 74.9 cm³/mol. The summed E-state index contributed by atoms with van der Waals surface area (Å²) >= 11 is 0. The molecule has 0 N–H and O–H groups in total. The largest absolute Gasteiger partial charge is 0.494 e. The van der Waals surface area contributed by atoms with E-state index in [4.69, 9.17) is 10.00 Å². The number of benzene rings is 1. The lowest BCUT2D eigenvalue weighted by molar-refractivity contribution is 0.113. The number of nitriles is 1. The zero-order chi connectivity index (χ0) is 14.5. The molecular formula is C15H20FN3O. The molecule has 1 aliphatic rings. The van der Waals surface area contributed by atoms with E-state index in [2.05, 4.69) is 15.9 Å². The van der Waals surface area contributed by atoms with E-state index in [1.54, 1.807) is 12.1 Å². The monoisotopic (exact) mass is 277 g/mol. The third-order valence-corrected chi connectivity index (χ3v) is 3.80. The molecule has 0 aliphatic carbocycles. The van der Waals surface area contributed by atoms with Crippen molar-refractivity contribution in [1.82, 2.24) is 9.80 Å². The number of hydrogen-bond donors (Lipinski definition) is 0. The molecule has 0 bridgehead atoms. The number of nitrogens with zero attached hydrogens (tertiary/aromatic N) is 3. The maximum Gasteiger partial charge on any atom is 0.169 e. The molecule has 20 heavy (non-hydrogen) atoms. The number of halogens is 1. The summed E-state index contributed by atoms with van der Waals surface area (Å²) in [6.45, 7) is 5.89. The first-order valence-electron chi connectivity index (χ1n) is 6.83. The molecular weight excluding hydrogens is 257 g/mol. The van der Waals surface area contributed by atoms with E-state index in [9.17, 15) is 4.39 Å². The van der Waals surface area contributed by atoms with Gasteiger partial charge in [0.25, 0.3) is 0 Å². The SMILES string of the molecule is COc1cccc(CN2CCN(C(C)C#N)CC2)c1F. The van der Waals surface area contributed by atoms with E-state index in [1.807, 2.05) is 13.0 Å². The number of ether oxygens (including phenoxy) is 1. The van der Waals surface area contributed by atoms with Crippen molar-refractivity contribution in [3.63, 3.8) is 0 Å². The molecule has 0 radical (unpaired) electrons. The zero-order valence-electron chi connectivity index (χ0n) is 12.0. The standard InChI is InChI=1S/C15H20FN3O/c1-12(10-17)19-8-6-18(7-9-19)11-13-4-3-5-14(20-2)15(13)16/h3-5,12H,6-9,11H2,1-2H3. The number of rotatable bonds is 4. The molecule has 0 aromatic heterocycles. The summed E-state index contributed by atoms with van der Waals surface area (Å²) in [5, 5.41) is 8.91. The average Bonchev–Trinajstić information content (AvgIpc) is 2.49. The second kappa shape index (κ2) is 6.69. The van der Waals surface area contributed by atoms with Crippen LogP contribution in [0.3, 0.4) is 0 Å². The lowest BCUT2D eigenvalue weighted by atomic mass is 10.1. The fourth-order valence-corrected chi connectivity index (χ4v) is 2.47. The van der Waals surface area contributed by atoms with Gasteiger partial charge in [-0.3, -0.25) is 9.80 Å². The fraction of sp³-hybridized carbons (Fsp3) is 0.533. The van der Waals surface area contributed by atoms with Crippen LogP contribution in [0.4, 0.5) is 4.39 Å². The second-order valence-electron chi connectivity index (χ2n) is 5.05. The maximum atomic E-state index is 14.1. The Bertz CT molecular complexity index is 492. The molecule has 0 spiro atoms. The minimum absolute atomic E-state index is 0.0503. The van der Waals surface area contributed by atoms with Crippen LogP contribution in [0.1, 0.15) is 12.5 Å². The molecule has 0 saturated carbocycles. The first-order chi connectivity index (χ1) is 9.65. The highest BCUT2D eigenvalue weighted by molar-refractivity contribution is 5.31. The van der Waals surface area contributed by atoms with E-state index in [1.165, 1.54) is 7.11 Å². The number of hydrogen-bond acceptors (Lipinski definition) is 4. The smallest absolute Gasteiger partial charge is 0.169 e. The van der Waals surface area contributed by atoms with Gasteiger partial charge in [-0.15, -0.1) is 0 Å². The molecule has 1 heterocycles. The van der Waals surface area contributed by atoms with Gasteiger partial charge in [-0.2, -0.15) is 5.26 Å². The van der Waals surface area contributed by atoms with E-state index >= 15 is 0 Å². The Morgan fingerprint density at radius 3 is 2.65 bits per heavy atom. The van der Waals surface area contributed by atoms with Crippen LogP contribution in [-0.2, 0) is 6.54 Å². The van der Waals surface area contributed by atoms with Crippen LogP contribution < -0.4 is 4.74 Å². The number of methoxy groups -OCH3 is 1. The molecule has 1 aliphatic heterocycles. The van der Waals surface area contributed by atoms with Crippen molar-refractivity contribution in [2.75, 3.05) is 33.3 Å². The Labute approximate surface area is 119 Å². The van der Waals surface area contributed by atoms with Gasteiger partial charge in [0.1, 0.15) is 0 Å². The van der Waals surface area contributed by atoms with Crippen molar-refractivity contribution in [2.24, 2.45) is 0 Å². The minimum Gasteiger partial charge on any atom is -0.494 e. The summed E-state index contributed by atoms with van der Waals surface area (Å²) < 4.78 is 19.1. The van der Waals surface area contributed by atoms with Gasteiger partial charge in [-0.1, -0.05) is 12.1 Å². The van der Waals surface area contributed by atoms with E-state index in [-0.39, 0.29) is 11.9 Å². The summed E-state index contributed by atoms with van der Waals surface area (Å²) in [5.41, 5.74) is 0.658. The average molecular weight is 277 g/mol. The Hall–Kier alpha value is -1.64. The van der Waals surface area contributed by atoms with Gasteiger partial charge in [0, 0.05) is 38.3 Å². The highest BCUT2D eigenvalue weighted by Crippen LogP contribution is 2.21. The third-order valence-electron chi connectivity index (χ3n) is 3.80. The highest BCUT2D eigenvalue weighted by Gasteiger charge is 2.21. The van der Waals surface area contributed by atoms with Crippen molar-refractivity contribution in [3.05, 3.63) is 29.6 Å². The van der Waals surface area contributed by atoms with Crippen LogP contribution in [0, 0.1) is 17.1 Å². The Kier molecular flexibility index (Phi) is 4.94. The topological polar surface area (TPSA) is 39.5 Å². The van der Waals surface area contributed by atoms with Crippen LogP contribution in [-0.4, -0.2) is 49.1 Å². The van der Waals surface area contributed by atoms with Crippen molar-refractivity contribution >= 4 is 0 Å². The summed E-state index contributed by atoms with van der Waals surface area (Å²) in [4.78, 5) is 4.36. The van der Waals surface area contributed by atoms with Crippen molar-refractivity contribution in [2.45, 2.75) is 19.5 Å². The Morgan fingerprint density at radius 1 is 1.35 bits per heavy atom. The van der Waals surface area contributed by atoms with Crippen LogP contribution in [0.15, 0.2) is 18.2 Å². The first kappa shape index (κ1) is 14.8. The summed E-state index contributed by atoms with van der Waals surface area (Å²) in [7, 11) is 1.48. The van der Waals surface area contributed by atoms with Crippen LogP contribution >= 0.6 is 0 Å². The first-order valence-corrected chi connectivity index (χ1v) is 6.83. The summed E-state index contributed by atoms with van der Waals surface area (Å²) in [6.07, 6.45) is 0. The fourth-order valence-electron chi connectivity index (χ4n) is 2.47. The molecule has 2 rings (SSSR count). The van der Waals surface area contributed by atoms with Crippen LogP contribution in [0.25, 0.3) is 0 Å². The van der Waals surface area contributed by atoms with Crippen molar-refractivity contribution in [3.8, 4) is 11.8 Å². The molecule has 1 unspecified atom stereocenters. The van der Waals surface area contributed by atoms with Gasteiger partial charge in [0.05, 0.1) is 19.2 Å². The van der Waals surface area contributed by atoms with Crippen LogP contribution in [0.5, 0.6) is 5.75 Å². The summed E-state index contributed by atoms with van der Waals surface area (Å²) in [6, 6.07) is 7.44. The van der Waals surface area contributed by atoms with Gasteiger partial charge in [-0.05, 0) is 13.0 Å². The van der Waals surface area contributed by atoms with Gasteiger partial charge in [-0.25, -0.2) is 4.39 Å². The maximum absolute atomic E-state index is 14.1. The molecule has 1 saturated heterocycles. The van der Waals surface area contributed by atoms with Gasteiger partial charge in [0.2, 0.25) is 0 Å². The van der Waals surface area contributed by atoms with Crippen LogP contribution in [0.2, 0.25) is 0 Å². The second-order valence-corrected chi connectivity index (χ2v) is 5.05. The lowest BCUT2D eigenvalue weighted by Gasteiger charge is -2.35. The molecule has 4 nitrogen and oxygen atoms in total. The highest BCUT2D eigenvalue weighted by atomic mass is 19.1. The lowest BCUT2D eigenvalue weighted by Crippen LogP contribution is -2.48. The quantitative estimate of drug-likeness (QED) is 0.842. The van der Waals surface area contributed by atoms with Crippen molar-refractivity contribution < 1.29 is 9.13 Å². The van der Waals surface area contributed by atoms with E-state index in [0.717, 1.165) is 26.2 Å². The summed E-state index contributed by atoms with van der Waals surface area (Å²) in [5.74, 6) is 0.0158. The Morgan fingerprint density at radius 2 is 2.05 bits per heavy atom. The van der Waals surface area contributed by atoms with Gasteiger partial charge in [0.15, 0.2) is 11.6 Å². The normalized spacial score (nSPS) is 18.5. The molecule has 1 aromatic carbocycles. The Balaban J connectivity index is 1.95. The van der Waals surface area contributed by atoms with E-state index < -0.39 is 0 Å². The predicted octanol–water partition coefficient (Wildman–Crippen LogP) is 1.86. The molecule has 1 fully saturated rings. The number of piperazine rings is 1. The van der Waals surface area contributed by atoms with Gasteiger partial charge < -0.3 is 4.74 Å². The molecule has 1 atom stereocenters.